The third-order valence-electron chi connectivity index (χ3n) is 3.43. The van der Waals surface area contributed by atoms with E-state index in [2.05, 4.69) is 4.99 Å². The average molecular weight is 388 g/mol. The van der Waals surface area contributed by atoms with Crippen molar-refractivity contribution in [2.24, 2.45) is 19.1 Å². The number of rotatable bonds is 3. The normalized spacial score (nSPS) is 11.8. The second-order valence-electron chi connectivity index (χ2n) is 4.96. The molecule has 1 heterocycles. The maximum atomic E-state index is 12.3. The monoisotopic (exact) mass is 387 g/mol. The van der Waals surface area contributed by atoms with E-state index in [1.165, 1.54) is 32.9 Å². The zero-order valence-electron chi connectivity index (χ0n) is 13.2. The molecule has 0 aliphatic rings. The second-order valence-corrected chi connectivity index (χ2v) is 6.77. The van der Waals surface area contributed by atoms with E-state index in [0.717, 1.165) is 14.7 Å². The van der Waals surface area contributed by atoms with E-state index < -0.39 is 17.1 Å². The average Bonchev–Trinajstić information content (AvgIpc) is 2.55. The molecule has 9 heteroatoms. The SMILES string of the molecule is CN=C(SCc1ccc(Cl)cc1Cl)c1c(O)n(C)c(=O)n(C)c1=O. The van der Waals surface area contributed by atoms with Gasteiger partial charge in [0.05, 0.1) is 0 Å². The van der Waals surface area contributed by atoms with Crippen molar-refractivity contribution in [3.63, 3.8) is 0 Å². The fourth-order valence-electron chi connectivity index (χ4n) is 2.05. The number of hydrogen-bond donors (Lipinski definition) is 1. The first-order valence-electron chi connectivity index (χ1n) is 6.80. The van der Waals surface area contributed by atoms with Crippen molar-refractivity contribution in [3.8, 4) is 5.88 Å². The minimum Gasteiger partial charge on any atom is -0.494 e. The van der Waals surface area contributed by atoms with E-state index in [1.807, 2.05) is 0 Å². The summed E-state index contributed by atoms with van der Waals surface area (Å²) in [5.74, 6) is 0.00657. The Morgan fingerprint density at radius 3 is 2.50 bits per heavy atom. The molecule has 0 unspecified atom stereocenters. The quantitative estimate of drug-likeness (QED) is 0.647. The predicted molar refractivity (Wildman–Crippen MR) is 98.8 cm³/mol. The summed E-state index contributed by atoms with van der Waals surface area (Å²) in [6, 6.07) is 5.13. The van der Waals surface area contributed by atoms with Crippen LogP contribution in [0.5, 0.6) is 5.88 Å². The number of benzene rings is 1. The van der Waals surface area contributed by atoms with Gasteiger partial charge in [0.25, 0.3) is 5.56 Å². The molecule has 0 atom stereocenters. The van der Waals surface area contributed by atoms with Crippen LogP contribution in [0.4, 0.5) is 0 Å². The van der Waals surface area contributed by atoms with E-state index in [0.29, 0.717) is 20.8 Å². The van der Waals surface area contributed by atoms with Gasteiger partial charge in [0.2, 0.25) is 5.88 Å². The minimum atomic E-state index is -0.609. The van der Waals surface area contributed by atoms with Crippen LogP contribution in [-0.4, -0.2) is 26.3 Å². The summed E-state index contributed by atoms with van der Waals surface area (Å²) in [7, 11) is 4.24. The van der Waals surface area contributed by atoms with Gasteiger partial charge in [-0.15, -0.1) is 11.8 Å². The Bertz CT molecular complexity index is 935. The summed E-state index contributed by atoms with van der Waals surface area (Å²) in [6.45, 7) is 0. The molecular weight excluding hydrogens is 373 g/mol. The Balaban J connectivity index is 2.41. The number of aliphatic imine (C=N–C) groups is 1. The van der Waals surface area contributed by atoms with E-state index in [-0.39, 0.29) is 5.56 Å². The van der Waals surface area contributed by atoms with Crippen LogP contribution < -0.4 is 11.2 Å². The van der Waals surface area contributed by atoms with Crippen LogP contribution in [0.2, 0.25) is 10.0 Å². The molecule has 0 saturated heterocycles. The molecule has 2 aromatic rings. The highest BCUT2D eigenvalue weighted by Gasteiger charge is 2.20. The third-order valence-corrected chi connectivity index (χ3v) is 5.13. The van der Waals surface area contributed by atoms with E-state index in [4.69, 9.17) is 23.2 Å². The zero-order chi connectivity index (χ0) is 18.0. The molecule has 0 aliphatic carbocycles. The summed E-state index contributed by atoms with van der Waals surface area (Å²) in [6.07, 6.45) is 0. The second kappa shape index (κ2) is 7.46. The molecular formula is C15H15Cl2N3O3S. The lowest BCUT2D eigenvalue weighted by atomic mass is 10.2. The van der Waals surface area contributed by atoms with Crippen molar-refractivity contribution in [1.29, 1.82) is 0 Å². The van der Waals surface area contributed by atoms with Gasteiger partial charge in [-0.3, -0.25) is 18.9 Å². The van der Waals surface area contributed by atoms with Gasteiger partial charge in [0.1, 0.15) is 10.6 Å². The highest BCUT2D eigenvalue weighted by atomic mass is 35.5. The Labute approximate surface area is 152 Å². The topological polar surface area (TPSA) is 76.6 Å². The number of nitrogens with zero attached hydrogens (tertiary/aromatic N) is 3. The van der Waals surface area contributed by atoms with Gasteiger partial charge in [-0.1, -0.05) is 29.3 Å². The summed E-state index contributed by atoms with van der Waals surface area (Å²) in [5.41, 5.74) is -0.418. The first kappa shape index (κ1) is 18.6. The molecule has 0 amide bonds. The lowest BCUT2D eigenvalue weighted by Gasteiger charge is -2.12. The van der Waals surface area contributed by atoms with Gasteiger partial charge in [-0.25, -0.2) is 4.79 Å². The lowest BCUT2D eigenvalue weighted by Crippen LogP contribution is -2.39. The maximum Gasteiger partial charge on any atom is 0.333 e. The number of aromatic nitrogens is 2. The highest BCUT2D eigenvalue weighted by molar-refractivity contribution is 8.13. The highest BCUT2D eigenvalue weighted by Crippen LogP contribution is 2.27. The molecule has 0 fully saturated rings. The van der Waals surface area contributed by atoms with E-state index >= 15 is 0 Å². The number of thioether (sulfide) groups is 1. The molecule has 1 aromatic carbocycles. The number of hydrogen-bond acceptors (Lipinski definition) is 5. The Hall–Kier alpha value is -1.70. The fourth-order valence-corrected chi connectivity index (χ4v) is 3.60. The van der Waals surface area contributed by atoms with Gasteiger partial charge in [-0.2, -0.15) is 0 Å². The van der Waals surface area contributed by atoms with Gasteiger partial charge < -0.3 is 5.11 Å². The molecule has 6 nitrogen and oxygen atoms in total. The first-order chi connectivity index (χ1) is 11.3. The summed E-state index contributed by atoms with van der Waals surface area (Å²) in [4.78, 5) is 28.2. The maximum absolute atomic E-state index is 12.3. The zero-order valence-corrected chi connectivity index (χ0v) is 15.5. The lowest BCUT2D eigenvalue weighted by molar-refractivity contribution is 0.410. The van der Waals surface area contributed by atoms with Crippen molar-refractivity contribution in [1.82, 2.24) is 9.13 Å². The number of aromatic hydroxyl groups is 1. The van der Waals surface area contributed by atoms with E-state index in [1.54, 1.807) is 18.2 Å². The van der Waals surface area contributed by atoms with Crippen molar-refractivity contribution < 1.29 is 5.11 Å². The summed E-state index contributed by atoms with van der Waals surface area (Å²) in [5, 5.41) is 11.5. The molecule has 2 rings (SSSR count). The van der Waals surface area contributed by atoms with Gasteiger partial charge >= 0.3 is 5.69 Å². The molecule has 1 aromatic heterocycles. The largest absolute Gasteiger partial charge is 0.494 e. The van der Waals surface area contributed by atoms with Crippen molar-refractivity contribution in [3.05, 3.63) is 60.2 Å². The summed E-state index contributed by atoms with van der Waals surface area (Å²) < 4.78 is 1.92. The Kier molecular flexibility index (Phi) is 5.79. The first-order valence-corrected chi connectivity index (χ1v) is 8.55. The van der Waals surface area contributed by atoms with Gasteiger partial charge in [0.15, 0.2) is 0 Å². The van der Waals surface area contributed by atoms with Crippen LogP contribution >= 0.6 is 35.0 Å². The standard InChI is InChI=1S/C15H15Cl2N3O3S/c1-18-12(24-7-8-4-5-9(16)6-10(8)17)11-13(21)19(2)15(23)20(3)14(11)22/h4-6,21H,7H2,1-3H3. The minimum absolute atomic E-state index is 0.0165. The molecule has 0 aliphatic heterocycles. The predicted octanol–water partition coefficient (Wildman–Crippen LogP) is 2.41. The fraction of sp³-hybridized carbons (Fsp3) is 0.267. The van der Waals surface area contributed by atoms with Crippen molar-refractivity contribution >= 4 is 40.0 Å². The van der Waals surface area contributed by atoms with Crippen LogP contribution in [0, 0.1) is 0 Å². The van der Waals surface area contributed by atoms with Crippen molar-refractivity contribution in [2.45, 2.75) is 5.75 Å². The van der Waals surface area contributed by atoms with Gasteiger partial charge in [-0.05, 0) is 17.7 Å². The molecule has 0 bridgehead atoms. The smallest absolute Gasteiger partial charge is 0.333 e. The molecule has 1 N–H and O–H groups in total. The molecule has 128 valence electrons. The van der Waals surface area contributed by atoms with Crippen LogP contribution in [0.3, 0.4) is 0 Å². The molecule has 24 heavy (non-hydrogen) atoms. The molecule has 0 radical (unpaired) electrons. The number of halogens is 2. The van der Waals surface area contributed by atoms with Crippen molar-refractivity contribution in [2.75, 3.05) is 7.05 Å². The third kappa shape index (κ3) is 3.53. The Morgan fingerprint density at radius 2 is 1.92 bits per heavy atom. The summed E-state index contributed by atoms with van der Waals surface area (Å²) >= 11 is 13.2. The molecule has 0 spiro atoms. The van der Waals surface area contributed by atoms with E-state index in [9.17, 15) is 14.7 Å². The van der Waals surface area contributed by atoms with Crippen LogP contribution in [0.1, 0.15) is 11.1 Å². The Morgan fingerprint density at radius 1 is 1.25 bits per heavy atom. The molecule has 0 saturated carbocycles. The van der Waals surface area contributed by atoms with Gasteiger partial charge in [0, 0.05) is 36.9 Å². The van der Waals surface area contributed by atoms with Crippen LogP contribution in [0.25, 0.3) is 0 Å². The van der Waals surface area contributed by atoms with Crippen LogP contribution in [0.15, 0.2) is 32.8 Å². The van der Waals surface area contributed by atoms with Crippen LogP contribution in [-0.2, 0) is 19.8 Å².